The number of guanidine groups is 1. The Kier molecular flexibility index (Phi) is 8.63. The summed E-state index contributed by atoms with van der Waals surface area (Å²) in [6.45, 7) is 6.59. The van der Waals surface area contributed by atoms with Crippen molar-refractivity contribution in [1.29, 1.82) is 0 Å². The first-order chi connectivity index (χ1) is 12.6. The molecule has 0 amide bonds. The molecule has 2 aromatic rings. The van der Waals surface area contributed by atoms with E-state index in [-0.39, 0.29) is 24.0 Å². The van der Waals surface area contributed by atoms with Gasteiger partial charge in [0.1, 0.15) is 5.76 Å². The summed E-state index contributed by atoms with van der Waals surface area (Å²) in [6.07, 6.45) is 4.20. The molecule has 0 bridgehead atoms. The summed E-state index contributed by atoms with van der Waals surface area (Å²) in [5, 5.41) is 0. The molecule has 2 heterocycles. The van der Waals surface area contributed by atoms with Crippen molar-refractivity contribution in [2.24, 2.45) is 16.6 Å². The second-order valence-electron chi connectivity index (χ2n) is 7.39. The lowest BCUT2D eigenvalue weighted by Gasteiger charge is -2.31. The summed E-state index contributed by atoms with van der Waals surface area (Å²) >= 11 is 0. The Balaban J connectivity index is 0.00000261. The first kappa shape index (κ1) is 21.8. The van der Waals surface area contributed by atoms with Crippen LogP contribution < -0.4 is 5.73 Å². The van der Waals surface area contributed by atoms with Gasteiger partial charge in [0.15, 0.2) is 5.96 Å². The number of aliphatic imine (C=N–C) groups is 1. The molecule has 6 heteroatoms. The summed E-state index contributed by atoms with van der Waals surface area (Å²) in [7, 11) is 2.10. The van der Waals surface area contributed by atoms with E-state index in [1.54, 1.807) is 6.26 Å². The van der Waals surface area contributed by atoms with E-state index in [1.807, 2.05) is 12.1 Å². The Bertz CT molecular complexity index is 717. The van der Waals surface area contributed by atoms with Crippen molar-refractivity contribution in [3.8, 4) is 0 Å². The molecule has 2 N–H and O–H groups in total. The van der Waals surface area contributed by atoms with E-state index in [1.165, 1.54) is 24.0 Å². The van der Waals surface area contributed by atoms with Gasteiger partial charge < -0.3 is 15.1 Å². The molecule has 0 aliphatic carbocycles. The number of likely N-dealkylation sites (tertiary alicyclic amines) is 1. The number of benzene rings is 1. The molecule has 3 rings (SSSR count). The van der Waals surface area contributed by atoms with Crippen LogP contribution in [0.5, 0.6) is 0 Å². The Morgan fingerprint density at radius 1 is 1.22 bits per heavy atom. The predicted octanol–water partition coefficient (Wildman–Crippen LogP) is 4.08. The van der Waals surface area contributed by atoms with Gasteiger partial charge in [-0.05, 0) is 49.1 Å². The molecule has 27 heavy (non-hydrogen) atoms. The van der Waals surface area contributed by atoms with Crippen LogP contribution in [0.15, 0.2) is 52.1 Å². The van der Waals surface area contributed by atoms with Crippen molar-refractivity contribution in [2.45, 2.75) is 39.4 Å². The molecule has 148 valence electrons. The molecule has 1 atom stereocenters. The fourth-order valence-electron chi connectivity index (χ4n) is 3.54. The van der Waals surface area contributed by atoms with Crippen molar-refractivity contribution >= 4 is 29.9 Å². The Morgan fingerprint density at radius 3 is 2.70 bits per heavy atom. The average molecular weight is 482 g/mol. The number of hydrogen-bond donors (Lipinski definition) is 1. The molecule has 1 aromatic carbocycles. The Morgan fingerprint density at radius 2 is 2.00 bits per heavy atom. The van der Waals surface area contributed by atoms with Gasteiger partial charge in [-0.1, -0.05) is 31.2 Å². The normalized spacial score (nSPS) is 17.8. The number of furan rings is 1. The summed E-state index contributed by atoms with van der Waals surface area (Å²) in [6, 6.07) is 12.4. The molecule has 0 saturated carbocycles. The molecule has 1 saturated heterocycles. The fourth-order valence-corrected chi connectivity index (χ4v) is 3.54. The Labute approximate surface area is 179 Å². The lowest BCUT2D eigenvalue weighted by molar-refractivity contribution is 0.270. The smallest absolute Gasteiger partial charge is 0.191 e. The Hall–Kier alpha value is -1.54. The maximum atomic E-state index is 6.25. The van der Waals surface area contributed by atoms with Crippen molar-refractivity contribution in [3.63, 3.8) is 0 Å². The first-order valence-electron chi connectivity index (χ1n) is 9.44. The van der Waals surface area contributed by atoms with E-state index in [0.717, 1.165) is 31.9 Å². The number of rotatable bonds is 6. The van der Waals surface area contributed by atoms with Gasteiger partial charge in [-0.2, -0.15) is 0 Å². The van der Waals surface area contributed by atoms with Gasteiger partial charge in [-0.25, -0.2) is 4.99 Å². The molecule has 1 unspecified atom stereocenters. The zero-order valence-electron chi connectivity index (χ0n) is 16.3. The predicted molar refractivity (Wildman–Crippen MR) is 121 cm³/mol. The first-order valence-corrected chi connectivity index (χ1v) is 9.44. The van der Waals surface area contributed by atoms with Gasteiger partial charge in [-0.15, -0.1) is 24.0 Å². The van der Waals surface area contributed by atoms with Gasteiger partial charge in [0, 0.05) is 19.6 Å². The second kappa shape index (κ2) is 10.7. The zero-order chi connectivity index (χ0) is 18.4. The monoisotopic (exact) mass is 482 g/mol. The number of hydrogen-bond acceptors (Lipinski definition) is 3. The lowest BCUT2D eigenvalue weighted by atomic mass is 10.0. The van der Waals surface area contributed by atoms with Crippen LogP contribution in [0.3, 0.4) is 0 Å². The number of piperidine rings is 1. The maximum absolute atomic E-state index is 6.25. The molecule has 1 aliphatic rings. The summed E-state index contributed by atoms with van der Waals surface area (Å²) < 4.78 is 5.44. The largest absolute Gasteiger partial charge is 0.468 e. The van der Waals surface area contributed by atoms with E-state index >= 15 is 0 Å². The summed E-state index contributed by atoms with van der Waals surface area (Å²) in [4.78, 5) is 9.15. The standard InChI is InChI=1S/C21H30N4O.HI/c1-17-7-5-11-25(14-17)21(22)23-13-18-8-3-4-9-19(18)15-24(2)16-20-10-6-12-26-20;/h3-4,6,8-10,12,17H,5,7,11,13-16H2,1-2H3,(H2,22,23);1H. The van der Waals surface area contributed by atoms with Gasteiger partial charge in [0.05, 0.1) is 19.4 Å². The third-order valence-electron chi connectivity index (χ3n) is 4.96. The highest BCUT2D eigenvalue weighted by Crippen LogP contribution is 2.17. The van der Waals surface area contributed by atoms with E-state index in [0.29, 0.717) is 18.4 Å². The highest BCUT2D eigenvalue weighted by molar-refractivity contribution is 14.0. The van der Waals surface area contributed by atoms with Crippen LogP contribution in [-0.2, 0) is 19.6 Å². The van der Waals surface area contributed by atoms with Gasteiger partial charge in [0.25, 0.3) is 0 Å². The van der Waals surface area contributed by atoms with Crippen LogP contribution in [0.2, 0.25) is 0 Å². The highest BCUT2D eigenvalue weighted by Gasteiger charge is 2.17. The minimum atomic E-state index is 0. The van der Waals surface area contributed by atoms with E-state index in [9.17, 15) is 0 Å². The average Bonchev–Trinajstić information content (AvgIpc) is 3.13. The minimum Gasteiger partial charge on any atom is -0.468 e. The molecule has 0 radical (unpaired) electrons. The third-order valence-corrected chi connectivity index (χ3v) is 4.96. The molecule has 1 aromatic heterocycles. The number of nitrogens with two attached hydrogens (primary N) is 1. The molecular formula is C21H31IN4O. The van der Waals surface area contributed by atoms with Crippen molar-refractivity contribution < 1.29 is 4.42 Å². The van der Waals surface area contributed by atoms with Crippen molar-refractivity contribution in [1.82, 2.24) is 9.80 Å². The lowest BCUT2D eigenvalue weighted by Crippen LogP contribution is -2.43. The van der Waals surface area contributed by atoms with Crippen LogP contribution in [0.25, 0.3) is 0 Å². The van der Waals surface area contributed by atoms with Gasteiger partial charge >= 0.3 is 0 Å². The maximum Gasteiger partial charge on any atom is 0.191 e. The topological polar surface area (TPSA) is 58.0 Å². The quantitative estimate of drug-likeness (QED) is 0.383. The van der Waals surface area contributed by atoms with Gasteiger partial charge in [0.2, 0.25) is 0 Å². The van der Waals surface area contributed by atoms with E-state index in [2.05, 4.69) is 53.0 Å². The molecule has 1 aliphatic heterocycles. The van der Waals surface area contributed by atoms with Crippen LogP contribution in [0, 0.1) is 5.92 Å². The zero-order valence-corrected chi connectivity index (χ0v) is 18.6. The second-order valence-corrected chi connectivity index (χ2v) is 7.39. The van der Waals surface area contributed by atoms with Crippen LogP contribution >= 0.6 is 24.0 Å². The minimum absolute atomic E-state index is 0. The van der Waals surface area contributed by atoms with Crippen molar-refractivity contribution in [3.05, 3.63) is 59.5 Å². The summed E-state index contributed by atoms with van der Waals surface area (Å²) in [5.74, 6) is 2.35. The molecule has 1 fully saturated rings. The third kappa shape index (κ3) is 6.53. The van der Waals surface area contributed by atoms with Crippen LogP contribution in [0.4, 0.5) is 0 Å². The molecule has 5 nitrogen and oxygen atoms in total. The summed E-state index contributed by atoms with van der Waals surface area (Å²) in [5.41, 5.74) is 8.76. The van der Waals surface area contributed by atoms with E-state index in [4.69, 9.17) is 10.2 Å². The fraction of sp³-hybridized carbons (Fsp3) is 0.476. The van der Waals surface area contributed by atoms with Crippen LogP contribution in [-0.4, -0.2) is 35.9 Å². The van der Waals surface area contributed by atoms with Gasteiger partial charge in [-0.3, -0.25) is 4.90 Å². The number of nitrogens with zero attached hydrogens (tertiary/aromatic N) is 3. The van der Waals surface area contributed by atoms with E-state index < -0.39 is 0 Å². The van der Waals surface area contributed by atoms with Crippen molar-refractivity contribution in [2.75, 3.05) is 20.1 Å². The number of halogens is 1. The van der Waals surface area contributed by atoms with Crippen LogP contribution in [0.1, 0.15) is 36.7 Å². The SMILES string of the molecule is CC1CCCN(C(N)=NCc2ccccc2CN(C)Cc2ccco2)C1.I. The molecular weight excluding hydrogens is 451 g/mol. The molecule has 0 spiro atoms. The highest BCUT2D eigenvalue weighted by atomic mass is 127.